The van der Waals surface area contributed by atoms with Gasteiger partial charge in [-0.25, -0.2) is 0 Å². The van der Waals surface area contributed by atoms with Crippen molar-refractivity contribution in [2.45, 2.75) is 76.1 Å². The molecule has 6 heteroatoms. The first kappa shape index (κ1) is 21.2. The Labute approximate surface area is 166 Å². The highest BCUT2D eigenvalue weighted by atomic mass is 28.4. The van der Waals surface area contributed by atoms with Gasteiger partial charge in [-0.2, -0.15) is 0 Å². The lowest BCUT2D eigenvalue weighted by molar-refractivity contribution is -0.102. The highest BCUT2D eigenvalue weighted by Gasteiger charge is 2.42. The van der Waals surface area contributed by atoms with Crippen LogP contribution >= 0.6 is 0 Å². The Kier molecular flexibility index (Phi) is 6.66. The summed E-state index contributed by atoms with van der Waals surface area (Å²) < 4.78 is 18.6. The molecule has 0 amide bonds. The highest BCUT2D eigenvalue weighted by molar-refractivity contribution is 6.74. The quantitative estimate of drug-likeness (QED) is 0.702. The van der Waals surface area contributed by atoms with Crippen molar-refractivity contribution in [3.8, 4) is 0 Å². The Bertz CT molecular complexity index is 564. The number of rotatable bonds is 6. The van der Waals surface area contributed by atoms with E-state index in [9.17, 15) is 0 Å². The molecule has 27 heavy (non-hydrogen) atoms. The van der Waals surface area contributed by atoms with E-state index in [4.69, 9.17) is 19.6 Å². The van der Waals surface area contributed by atoms with Gasteiger partial charge in [-0.3, -0.25) is 0 Å². The lowest BCUT2D eigenvalue weighted by Gasteiger charge is -2.42. The maximum Gasteiger partial charge on any atom is 0.192 e. The Morgan fingerprint density at radius 1 is 1.19 bits per heavy atom. The average molecular weight is 395 g/mol. The van der Waals surface area contributed by atoms with Gasteiger partial charge in [0.15, 0.2) is 8.32 Å². The largest absolute Gasteiger partial charge is 0.408 e. The van der Waals surface area contributed by atoms with Crippen LogP contribution in [0.3, 0.4) is 0 Å². The molecule has 0 aromatic rings. The van der Waals surface area contributed by atoms with Gasteiger partial charge < -0.3 is 24.5 Å². The summed E-state index contributed by atoms with van der Waals surface area (Å²) in [5, 5.41) is 0.143. The van der Waals surface area contributed by atoms with Crippen molar-refractivity contribution >= 4 is 8.32 Å². The van der Waals surface area contributed by atoms with Gasteiger partial charge in [-0.05, 0) is 55.7 Å². The maximum absolute atomic E-state index is 6.86. The summed E-state index contributed by atoms with van der Waals surface area (Å²) in [6, 6.07) is -0.0471. The third-order valence-corrected chi connectivity index (χ3v) is 10.9. The zero-order valence-electron chi connectivity index (χ0n) is 17.7. The number of ether oxygens (including phenoxy) is 2. The van der Waals surface area contributed by atoms with E-state index in [0.29, 0.717) is 13.2 Å². The minimum atomic E-state index is -1.96. The molecule has 3 unspecified atom stereocenters. The molecule has 4 atom stereocenters. The van der Waals surface area contributed by atoms with Crippen molar-refractivity contribution in [3.63, 3.8) is 0 Å². The summed E-state index contributed by atoms with van der Waals surface area (Å²) >= 11 is 0. The molecule has 3 aliphatic rings. The number of fused-ring (bicyclic) bond motifs is 1. The van der Waals surface area contributed by atoms with Crippen LogP contribution in [0.25, 0.3) is 0 Å². The lowest BCUT2D eigenvalue weighted by Crippen LogP contribution is -2.53. The van der Waals surface area contributed by atoms with Gasteiger partial charge in [-0.1, -0.05) is 32.9 Å². The first-order chi connectivity index (χ1) is 12.7. The van der Waals surface area contributed by atoms with Crippen LogP contribution in [0.4, 0.5) is 0 Å². The van der Waals surface area contributed by atoms with E-state index in [2.05, 4.69) is 57.0 Å². The van der Waals surface area contributed by atoms with Crippen molar-refractivity contribution in [1.82, 2.24) is 4.90 Å². The Morgan fingerprint density at radius 2 is 1.81 bits per heavy atom. The fraction of sp³-hybridized carbons (Fsp3) is 0.810. The van der Waals surface area contributed by atoms with Crippen LogP contribution in [0.5, 0.6) is 0 Å². The summed E-state index contributed by atoms with van der Waals surface area (Å²) in [7, 11) is -1.96. The Balaban J connectivity index is 1.80. The number of hydrogen-bond acceptors (Lipinski definition) is 5. The molecule has 1 aliphatic carbocycles. The van der Waals surface area contributed by atoms with Crippen molar-refractivity contribution in [2.24, 2.45) is 5.73 Å². The summed E-state index contributed by atoms with van der Waals surface area (Å²) in [4.78, 5) is 2.47. The Morgan fingerprint density at radius 3 is 2.44 bits per heavy atom. The topological polar surface area (TPSA) is 57.0 Å². The molecular formula is C21H38N2O3Si. The smallest absolute Gasteiger partial charge is 0.192 e. The molecule has 2 N–H and O–H groups in total. The normalized spacial score (nSPS) is 29.3. The standard InChI is InChI=1S/C21H38N2O3Si/c1-21(2,3)27(4,5)26-20(17(22)15-23-10-6-7-11-23)16-8-9-18-19(14-16)25-13-12-24-18/h8-9,14,17-20H,6-7,10-13,15,22H2,1-5H3/t17-,18?,19?,20?/m1/s1. The number of likely N-dealkylation sites (tertiary alicyclic amines) is 1. The predicted molar refractivity (Wildman–Crippen MR) is 112 cm³/mol. The van der Waals surface area contributed by atoms with Gasteiger partial charge in [0.25, 0.3) is 0 Å². The molecule has 2 saturated heterocycles. The van der Waals surface area contributed by atoms with Crippen LogP contribution in [-0.2, 0) is 13.9 Å². The van der Waals surface area contributed by atoms with Gasteiger partial charge in [0.05, 0.1) is 19.3 Å². The van der Waals surface area contributed by atoms with Crippen LogP contribution in [0, 0.1) is 0 Å². The zero-order chi connectivity index (χ0) is 19.7. The number of nitrogens with two attached hydrogens (primary N) is 1. The average Bonchev–Trinajstić information content (AvgIpc) is 3.11. The predicted octanol–water partition coefficient (Wildman–Crippen LogP) is 3.08. The molecule has 2 heterocycles. The van der Waals surface area contributed by atoms with E-state index >= 15 is 0 Å². The molecule has 0 aromatic carbocycles. The number of nitrogens with zero attached hydrogens (tertiary/aromatic N) is 1. The molecule has 2 aliphatic heterocycles. The molecule has 2 fully saturated rings. The molecule has 0 saturated carbocycles. The third kappa shape index (κ3) is 5.11. The summed E-state index contributed by atoms with van der Waals surface area (Å²) in [6.07, 6.45) is 8.89. The van der Waals surface area contributed by atoms with Crippen molar-refractivity contribution in [2.75, 3.05) is 32.8 Å². The Hall–Kier alpha value is -0.503. The van der Waals surface area contributed by atoms with Gasteiger partial charge >= 0.3 is 0 Å². The van der Waals surface area contributed by atoms with Gasteiger partial charge in [-0.15, -0.1) is 0 Å². The summed E-state index contributed by atoms with van der Waals surface area (Å²) in [6.45, 7) is 15.9. The van der Waals surface area contributed by atoms with Gasteiger partial charge in [0.1, 0.15) is 12.2 Å². The first-order valence-corrected chi connectivity index (χ1v) is 13.4. The van der Waals surface area contributed by atoms with E-state index in [0.717, 1.165) is 25.2 Å². The zero-order valence-corrected chi connectivity index (χ0v) is 18.7. The number of hydrogen-bond donors (Lipinski definition) is 1. The summed E-state index contributed by atoms with van der Waals surface area (Å²) in [5.41, 5.74) is 7.91. The summed E-state index contributed by atoms with van der Waals surface area (Å²) in [5.74, 6) is 0. The van der Waals surface area contributed by atoms with Crippen LogP contribution in [0.1, 0.15) is 33.6 Å². The molecule has 5 nitrogen and oxygen atoms in total. The van der Waals surface area contributed by atoms with E-state index in [1.54, 1.807) is 0 Å². The molecule has 0 aromatic heterocycles. The van der Waals surface area contributed by atoms with E-state index in [1.807, 2.05) is 0 Å². The second kappa shape index (κ2) is 8.47. The van der Waals surface area contributed by atoms with Crippen LogP contribution in [-0.4, -0.2) is 70.4 Å². The van der Waals surface area contributed by atoms with Crippen molar-refractivity contribution in [1.29, 1.82) is 0 Å². The van der Waals surface area contributed by atoms with Crippen LogP contribution in [0.15, 0.2) is 23.8 Å². The highest BCUT2D eigenvalue weighted by Crippen LogP contribution is 2.39. The van der Waals surface area contributed by atoms with Crippen molar-refractivity contribution < 1.29 is 13.9 Å². The van der Waals surface area contributed by atoms with E-state index in [1.165, 1.54) is 12.8 Å². The molecule has 3 rings (SSSR count). The minimum Gasteiger partial charge on any atom is -0.408 e. The monoisotopic (exact) mass is 394 g/mol. The van der Waals surface area contributed by atoms with Crippen LogP contribution in [0.2, 0.25) is 18.1 Å². The molecular weight excluding hydrogens is 356 g/mol. The fourth-order valence-corrected chi connectivity index (χ4v) is 5.06. The fourth-order valence-electron chi connectivity index (χ4n) is 3.76. The second-order valence-electron chi connectivity index (χ2n) is 9.67. The molecule has 0 spiro atoms. The third-order valence-electron chi connectivity index (χ3n) is 6.48. The lowest BCUT2D eigenvalue weighted by atomic mass is 9.94. The van der Waals surface area contributed by atoms with Gasteiger partial charge in [0, 0.05) is 12.6 Å². The van der Waals surface area contributed by atoms with Gasteiger partial charge in [0.2, 0.25) is 0 Å². The first-order valence-electron chi connectivity index (χ1n) is 10.5. The minimum absolute atomic E-state index is 0.0193. The van der Waals surface area contributed by atoms with Crippen molar-refractivity contribution in [3.05, 3.63) is 23.8 Å². The molecule has 0 bridgehead atoms. The second-order valence-corrected chi connectivity index (χ2v) is 14.4. The molecule has 0 radical (unpaired) electrons. The molecule has 154 valence electrons. The SMILES string of the molecule is CC(C)(C)[Si](C)(C)OC(C1=CC2OCCOC2C=C1)[C@H](N)CN1CCCC1. The maximum atomic E-state index is 6.86. The van der Waals surface area contributed by atoms with E-state index in [-0.39, 0.29) is 29.4 Å². The van der Waals surface area contributed by atoms with Crippen LogP contribution < -0.4 is 5.73 Å². The van der Waals surface area contributed by atoms with E-state index < -0.39 is 8.32 Å².